The summed E-state index contributed by atoms with van der Waals surface area (Å²) in [5.74, 6) is -1.13. The van der Waals surface area contributed by atoms with Gasteiger partial charge in [0.25, 0.3) is 5.91 Å². The molecule has 0 fully saturated rings. The number of carbonyl (C=O) groups excluding carboxylic acids is 2. The molecule has 0 bridgehead atoms. The highest BCUT2D eigenvalue weighted by Crippen LogP contribution is 2.31. The summed E-state index contributed by atoms with van der Waals surface area (Å²) in [6, 6.07) is 18.2. The van der Waals surface area contributed by atoms with Crippen LogP contribution >= 0.6 is 0 Å². The Labute approximate surface area is 198 Å². The van der Waals surface area contributed by atoms with Gasteiger partial charge in [-0.05, 0) is 48.5 Å². The van der Waals surface area contributed by atoms with Crippen LogP contribution in [0.3, 0.4) is 0 Å². The summed E-state index contributed by atoms with van der Waals surface area (Å²) in [5, 5.41) is 10.9. The summed E-state index contributed by atoms with van der Waals surface area (Å²) in [6.45, 7) is -0.201. The van der Waals surface area contributed by atoms with Crippen LogP contribution in [0.4, 0.5) is 10.1 Å². The van der Waals surface area contributed by atoms with Crippen molar-refractivity contribution in [3.63, 3.8) is 0 Å². The van der Waals surface area contributed by atoms with E-state index in [1.807, 2.05) is 6.07 Å². The van der Waals surface area contributed by atoms with Crippen molar-refractivity contribution in [2.24, 2.45) is 0 Å². The number of rotatable bonds is 8. The first kappa shape index (κ1) is 22.1. The first-order valence-corrected chi connectivity index (χ1v) is 10.8. The van der Waals surface area contributed by atoms with Crippen molar-refractivity contribution in [3.8, 4) is 0 Å². The number of fused-ring (bicyclic) bond motifs is 1. The molecule has 10 heteroatoms. The molecule has 3 aromatic heterocycles. The normalized spacial score (nSPS) is 11.9. The van der Waals surface area contributed by atoms with Gasteiger partial charge in [0.2, 0.25) is 5.91 Å². The van der Waals surface area contributed by atoms with E-state index in [0.717, 1.165) is 4.90 Å². The van der Waals surface area contributed by atoms with Gasteiger partial charge in [0, 0.05) is 0 Å². The van der Waals surface area contributed by atoms with Crippen molar-refractivity contribution in [2.45, 2.75) is 19.1 Å². The Hall–Kier alpha value is -4.73. The molecule has 3 heterocycles. The number of amides is 2. The molecule has 5 rings (SSSR count). The molecule has 1 N–H and O–H groups in total. The van der Waals surface area contributed by atoms with Crippen LogP contribution < -0.4 is 10.2 Å². The maximum absolute atomic E-state index is 15.0. The molecule has 2 aromatic carbocycles. The fraction of sp³-hybridized carbons (Fsp3) is 0.120. The summed E-state index contributed by atoms with van der Waals surface area (Å²) in [4.78, 5) is 28.2. The Morgan fingerprint density at radius 1 is 0.971 bits per heavy atom. The predicted octanol–water partition coefficient (Wildman–Crippen LogP) is 3.85. The maximum atomic E-state index is 15.0. The summed E-state index contributed by atoms with van der Waals surface area (Å²) < 4.78 is 27.2. The van der Waals surface area contributed by atoms with E-state index in [1.54, 1.807) is 48.5 Å². The Morgan fingerprint density at radius 2 is 1.74 bits per heavy atom. The Morgan fingerprint density at radius 3 is 2.51 bits per heavy atom. The topological polar surface area (TPSA) is 106 Å². The number of aromatic nitrogens is 3. The minimum Gasteiger partial charge on any atom is -0.467 e. The van der Waals surface area contributed by atoms with E-state index in [4.69, 9.17) is 8.83 Å². The highest BCUT2D eigenvalue weighted by atomic mass is 19.1. The number of hydrogen-bond donors (Lipinski definition) is 1. The number of halogens is 1. The van der Waals surface area contributed by atoms with Gasteiger partial charge in [0.1, 0.15) is 29.4 Å². The number of anilines is 1. The van der Waals surface area contributed by atoms with Crippen LogP contribution in [0.5, 0.6) is 0 Å². The molecular weight excluding hydrogens is 453 g/mol. The molecule has 35 heavy (non-hydrogen) atoms. The molecule has 0 spiro atoms. The van der Waals surface area contributed by atoms with E-state index >= 15 is 4.39 Å². The van der Waals surface area contributed by atoms with Crippen LogP contribution in [0.2, 0.25) is 0 Å². The lowest BCUT2D eigenvalue weighted by Crippen LogP contribution is -2.45. The zero-order valence-corrected chi connectivity index (χ0v) is 18.4. The molecule has 9 nitrogen and oxygen atoms in total. The molecular formula is C25H20FN5O4. The smallest absolute Gasteiger partial charge is 0.251 e. The minimum absolute atomic E-state index is 0.0727. The third-order valence-corrected chi connectivity index (χ3v) is 5.42. The highest BCUT2D eigenvalue weighted by Gasteiger charge is 2.36. The van der Waals surface area contributed by atoms with Crippen molar-refractivity contribution in [1.29, 1.82) is 0 Å². The highest BCUT2D eigenvalue weighted by molar-refractivity contribution is 6.01. The number of furan rings is 2. The summed E-state index contributed by atoms with van der Waals surface area (Å²) in [5.41, 5.74) is 1.17. The van der Waals surface area contributed by atoms with Gasteiger partial charge >= 0.3 is 0 Å². The molecule has 176 valence electrons. The summed E-state index contributed by atoms with van der Waals surface area (Å²) >= 11 is 0. The summed E-state index contributed by atoms with van der Waals surface area (Å²) in [7, 11) is 0. The first-order valence-electron chi connectivity index (χ1n) is 10.8. The third kappa shape index (κ3) is 4.54. The van der Waals surface area contributed by atoms with Crippen LogP contribution in [-0.4, -0.2) is 26.8 Å². The second-order valence-electron chi connectivity index (χ2n) is 7.67. The second kappa shape index (κ2) is 9.64. The van der Waals surface area contributed by atoms with Gasteiger partial charge in [0.05, 0.1) is 30.3 Å². The average molecular weight is 473 g/mol. The van der Waals surface area contributed by atoms with Gasteiger partial charge < -0.3 is 14.2 Å². The zero-order valence-electron chi connectivity index (χ0n) is 18.4. The van der Waals surface area contributed by atoms with Crippen molar-refractivity contribution in [3.05, 3.63) is 103 Å². The Bertz CT molecular complexity index is 1450. The van der Waals surface area contributed by atoms with E-state index < -0.39 is 23.7 Å². The Kier molecular flexibility index (Phi) is 6.08. The SMILES string of the molecule is O=C(NCc1ccco1)[C@@H](c1ccco1)N(C(=O)Cn1nnc2ccccc21)c1ccccc1F. The standard InChI is InChI=1S/C25H20FN5O4/c26-18-8-1-3-10-20(18)31(23(32)16-30-21-11-4-2-9-19(21)28-29-30)24(22-12-6-14-35-22)25(33)27-15-17-7-5-13-34-17/h1-14,24H,15-16H2,(H,27,33)/t24-/m1/s1. The number of nitrogens with zero attached hydrogens (tertiary/aromatic N) is 4. The van der Waals surface area contributed by atoms with Crippen LogP contribution in [-0.2, 0) is 22.7 Å². The maximum Gasteiger partial charge on any atom is 0.251 e. The first-order chi connectivity index (χ1) is 17.1. The number of nitrogens with one attached hydrogen (secondary N) is 1. The van der Waals surface area contributed by atoms with Gasteiger partial charge in [-0.25, -0.2) is 9.07 Å². The summed E-state index contributed by atoms with van der Waals surface area (Å²) in [6.07, 6.45) is 2.88. The quantitative estimate of drug-likeness (QED) is 0.367. The predicted molar refractivity (Wildman–Crippen MR) is 123 cm³/mol. The lowest BCUT2D eigenvalue weighted by Gasteiger charge is -2.30. The van der Waals surface area contributed by atoms with Gasteiger partial charge in [-0.1, -0.05) is 29.5 Å². The molecule has 0 unspecified atom stereocenters. The number of carbonyl (C=O) groups is 2. The van der Waals surface area contributed by atoms with Crippen molar-refractivity contribution in [1.82, 2.24) is 20.3 Å². The van der Waals surface area contributed by atoms with Gasteiger partial charge in [0.15, 0.2) is 6.04 Å². The van der Waals surface area contributed by atoms with Crippen molar-refractivity contribution >= 4 is 28.5 Å². The number of benzene rings is 2. The van der Waals surface area contributed by atoms with Crippen LogP contribution in [0, 0.1) is 5.82 Å². The molecule has 1 atom stereocenters. The van der Waals surface area contributed by atoms with Crippen LogP contribution in [0.25, 0.3) is 11.0 Å². The van der Waals surface area contributed by atoms with E-state index in [1.165, 1.54) is 35.4 Å². The van der Waals surface area contributed by atoms with Crippen molar-refractivity contribution in [2.75, 3.05) is 4.90 Å². The van der Waals surface area contributed by atoms with E-state index in [2.05, 4.69) is 15.6 Å². The zero-order chi connectivity index (χ0) is 24.2. The molecule has 5 aromatic rings. The molecule has 0 radical (unpaired) electrons. The minimum atomic E-state index is -1.29. The lowest BCUT2D eigenvalue weighted by atomic mass is 10.1. The number of para-hydroxylation sites is 2. The molecule has 0 saturated heterocycles. The third-order valence-electron chi connectivity index (χ3n) is 5.42. The Balaban J connectivity index is 1.53. The molecule has 0 aliphatic rings. The molecule has 0 aliphatic heterocycles. The monoisotopic (exact) mass is 473 g/mol. The largest absolute Gasteiger partial charge is 0.467 e. The van der Waals surface area contributed by atoms with Crippen LogP contribution in [0.15, 0.2) is 94.2 Å². The molecule has 0 aliphatic carbocycles. The van der Waals surface area contributed by atoms with Crippen LogP contribution in [0.1, 0.15) is 17.6 Å². The van der Waals surface area contributed by atoms with E-state index in [9.17, 15) is 9.59 Å². The van der Waals surface area contributed by atoms with E-state index in [-0.39, 0.29) is 24.5 Å². The second-order valence-corrected chi connectivity index (χ2v) is 7.67. The van der Waals surface area contributed by atoms with Gasteiger partial charge in [-0.3, -0.25) is 14.5 Å². The lowest BCUT2D eigenvalue weighted by molar-refractivity contribution is -0.127. The van der Waals surface area contributed by atoms with Crippen molar-refractivity contribution < 1.29 is 22.8 Å². The van der Waals surface area contributed by atoms with Gasteiger partial charge in [-0.2, -0.15) is 0 Å². The molecule has 0 saturated carbocycles. The van der Waals surface area contributed by atoms with Gasteiger partial charge in [-0.15, -0.1) is 5.10 Å². The van der Waals surface area contributed by atoms with E-state index in [0.29, 0.717) is 16.8 Å². The molecule has 2 amide bonds. The number of hydrogen-bond acceptors (Lipinski definition) is 6. The average Bonchev–Trinajstić information content (AvgIpc) is 3.64. The fourth-order valence-electron chi connectivity index (χ4n) is 3.81. The fourth-order valence-corrected chi connectivity index (χ4v) is 3.81.